The Morgan fingerprint density at radius 1 is 1.28 bits per heavy atom. The minimum Gasteiger partial charge on any atom is -0.399 e. The van der Waals surface area contributed by atoms with Crippen molar-refractivity contribution in [2.45, 2.75) is 0 Å². The van der Waals surface area contributed by atoms with Crippen molar-refractivity contribution >= 4 is 33.0 Å². The van der Waals surface area contributed by atoms with Crippen LogP contribution in [0.15, 0.2) is 18.2 Å². The van der Waals surface area contributed by atoms with Crippen molar-refractivity contribution in [2.24, 2.45) is 0 Å². The molecule has 98 valence electrons. The van der Waals surface area contributed by atoms with Crippen LogP contribution in [0.25, 0.3) is 0 Å². The summed E-state index contributed by atoms with van der Waals surface area (Å²) < 4.78 is 22.6. The van der Waals surface area contributed by atoms with E-state index in [-0.39, 0.29) is 30.5 Å². The van der Waals surface area contributed by atoms with Crippen molar-refractivity contribution in [3.63, 3.8) is 0 Å². The van der Waals surface area contributed by atoms with Crippen LogP contribution >= 0.6 is 11.6 Å². The third kappa shape index (κ3) is 2.76. The van der Waals surface area contributed by atoms with E-state index in [1.807, 2.05) is 0 Å². The maximum atomic E-state index is 12.2. The van der Waals surface area contributed by atoms with Crippen molar-refractivity contribution < 1.29 is 13.2 Å². The lowest BCUT2D eigenvalue weighted by atomic mass is 10.1. The highest BCUT2D eigenvalue weighted by Gasteiger charge is 2.26. The summed E-state index contributed by atoms with van der Waals surface area (Å²) in [6, 6.07) is 4.68. The lowest BCUT2D eigenvalue weighted by Gasteiger charge is -2.27. The lowest BCUT2D eigenvalue weighted by Crippen LogP contribution is -2.43. The van der Waals surface area contributed by atoms with Crippen molar-refractivity contribution in [2.75, 3.05) is 30.3 Å². The molecule has 0 atom stereocenters. The molecule has 7 heteroatoms. The third-order valence-corrected chi connectivity index (χ3v) is 4.79. The quantitative estimate of drug-likeness (QED) is 0.775. The molecule has 2 N–H and O–H groups in total. The van der Waals surface area contributed by atoms with E-state index in [9.17, 15) is 13.2 Å². The summed E-state index contributed by atoms with van der Waals surface area (Å²) in [5, 5.41) is 0.322. The average Bonchev–Trinajstić information content (AvgIpc) is 2.31. The Balaban J connectivity index is 2.20. The fourth-order valence-corrected chi connectivity index (χ4v) is 3.19. The van der Waals surface area contributed by atoms with Crippen LogP contribution in [0.5, 0.6) is 0 Å². The number of hydrogen-bond acceptors (Lipinski definition) is 4. The van der Waals surface area contributed by atoms with Gasteiger partial charge in [0.25, 0.3) is 5.91 Å². The number of benzene rings is 1. The van der Waals surface area contributed by atoms with Gasteiger partial charge in [-0.25, -0.2) is 8.42 Å². The molecular weight excluding hydrogens is 276 g/mol. The Morgan fingerprint density at radius 3 is 2.50 bits per heavy atom. The number of anilines is 1. The third-order valence-electron chi connectivity index (χ3n) is 2.85. The van der Waals surface area contributed by atoms with Crippen LogP contribution in [-0.2, 0) is 9.84 Å². The van der Waals surface area contributed by atoms with Gasteiger partial charge in [0.05, 0.1) is 22.1 Å². The Hall–Kier alpha value is -1.27. The summed E-state index contributed by atoms with van der Waals surface area (Å²) in [6.07, 6.45) is 0. The van der Waals surface area contributed by atoms with E-state index >= 15 is 0 Å². The van der Waals surface area contributed by atoms with Crippen LogP contribution in [0.1, 0.15) is 10.4 Å². The molecule has 1 amide bonds. The monoisotopic (exact) mass is 288 g/mol. The fourth-order valence-electron chi connectivity index (χ4n) is 1.79. The number of nitrogens with two attached hydrogens (primary N) is 1. The number of nitrogens with zero attached hydrogens (tertiary/aromatic N) is 1. The van der Waals surface area contributed by atoms with Gasteiger partial charge >= 0.3 is 0 Å². The molecule has 0 bridgehead atoms. The number of hydrogen-bond donors (Lipinski definition) is 1. The summed E-state index contributed by atoms with van der Waals surface area (Å²) in [7, 11) is -3.00. The lowest BCUT2D eigenvalue weighted by molar-refractivity contribution is 0.0770. The first-order valence-corrected chi connectivity index (χ1v) is 7.64. The van der Waals surface area contributed by atoms with Gasteiger partial charge in [0.1, 0.15) is 0 Å². The second-order valence-corrected chi connectivity index (χ2v) is 6.89. The molecule has 0 radical (unpaired) electrons. The number of nitrogen functional groups attached to an aromatic ring is 1. The van der Waals surface area contributed by atoms with Gasteiger partial charge in [-0.05, 0) is 18.2 Å². The second kappa shape index (κ2) is 4.78. The molecule has 0 spiro atoms. The maximum absolute atomic E-state index is 12.2. The highest BCUT2D eigenvalue weighted by atomic mass is 35.5. The Bertz CT molecular complexity index is 572. The van der Waals surface area contributed by atoms with Gasteiger partial charge < -0.3 is 10.6 Å². The summed E-state index contributed by atoms with van der Waals surface area (Å²) in [5.41, 5.74) is 6.38. The molecule has 2 rings (SSSR count). The highest BCUT2D eigenvalue weighted by molar-refractivity contribution is 7.91. The van der Waals surface area contributed by atoms with E-state index in [0.29, 0.717) is 16.3 Å². The summed E-state index contributed by atoms with van der Waals surface area (Å²) in [6.45, 7) is 0.401. The molecule has 0 aromatic heterocycles. The van der Waals surface area contributed by atoms with Crippen molar-refractivity contribution in [3.8, 4) is 0 Å². The van der Waals surface area contributed by atoms with E-state index < -0.39 is 9.84 Å². The molecule has 0 aliphatic carbocycles. The van der Waals surface area contributed by atoms with Crippen molar-refractivity contribution in [3.05, 3.63) is 28.8 Å². The average molecular weight is 289 g/mol. The minimum absolute atomic E-state index is 0.00131. The Morgan fingerprint density at radius 2 is 1.89 bits per heavy atom. The van der Waals surface area contributed by atoms with Gasteiger partial charge in [-0.3, -0.25) is 4.79 Å². The SMILES string of the molecule is Nc1ccc(Cl)c(C(=O)N2CCS(=O)(=O)CC2)c1. The summed E-state index contributed by atoms with van der Waals surface area (Å²) >= 11 is 5.95. The molecule has 1 saturated heterocycles. The van der Waals surface area contributed by atoms with Crippen molar-refractivity contribution in [1.29, 1.82) is 0 Å². The van der Waals surface area contributed by atoms with Gasteiger partial charge in [0.15, 0.2) is 9.84 Å². The van der Waals surface area contributed by atoms with Gasteiger partial charge in [0, 0.05) is 18.8 Å². The largest absolute Gasteiger partial charge is 0.399 e. The molecule has 1 fully saturated rings. The molecule has 1 heterocycles. The zero-order valence-corrected chi connectivity index (χ0v) is 11.2. The molecule has 5 nitrogen and oxygen atoms in total. The molecule has 1 aliphatic heterocycles. The number of rotatable bonds is 1. The predicted molar refractivity (Wildman–Crippen MR) is 70.4 cm³/mol. The molecule has 1 aromatic rings. The zero-order chi connectivity index (χ0) is 13.3. The summed E-state index contributed by atoms with van der Waals surface area (Å²) in [4.78, 5) is 13.7. The van der Waals surface area contributed by atoms with Crippen LogP contribution in [-0.4, -0.2) is 43.8 Å². The van der Waals surface area contributed by atoms with Crippen LogP contribution in [0.4, 0.5) is 5.69 Å². The van der Waals surface area contributed by atoms with Crippen molar-refractivity contribution in [1.82, 2.24) is 4.90 Å². The summed E-state index contributed by atoms with van der Waals surface area (Å²) in [5.74, 6) is -0.278. The van der Waals surface area contributed by atoms with Gasteiger partial charge in [0.2, 0.25) is 0 Å². The van der Waals surface area contributed by atoms with E-state index in [2.05, 4.69) is 0 Å². The van der Waals surface area contributed by atoms with Gasteiger partial charge in [-0.2, -0.15) is 0 Å². The van der Waals surface area contributed by atoms with Crippen LogP contribution in [0.2, 0.25) is 5.02 Å². The predicted octanol–water partition coefficient (Wildman–Crippen LogP) is 0.793. The van der Waals surface area contributed by atoms with E-state index in [1.54, 1.807) is 12.1 Å². The van der Waals surface area contributed by atoms with Crippen LogP contribution < -0.4 is 5.73 Å². The number of amides is 1. The topological polar surface area (TPSA) is 80.5 Å². The van der Waals surface area contributed by atoms with E-state index in [1.165, 1.54) is 11.0 Å². The Kier molecular flexibility index (Phi) is 3.49. The molecule has 1 aliphatic rings. The molecule has 0 unspecified atom stereocenters. The fraction of sp³-hybridized carbons (Fsp3) is 0.364. The smallest absolute Gasteiger partial charge is 0.255 e. The van der Waals surface area contributed by atoms with Gasteiger partial charge in [-0.15, -0.1) is 0 Å². The Labute approximate surface area is 110 Å². The first kappa shape index (κ1) is 13.2. The standard InChI is InChI=1S/C11H13ClN2O3S/c12-10-2-1-8(13)7-9(10)11(15)14-3-5-18(16,17)6-4-14/h1-2,7H,3-6,13H2. The first-order chi connectivity index (χ1) is 8.39. The number of carbonyl (C=O) groups excluding carboxylic acids is 1. The molecule has 0 saturated carbocycles. The van der Waals surface area contributed by atoms with Crippen LogP contribution in [0, 0.1) is 0 Å². The zero-order valence-electron chi connectivity index (χ0n) is 9.60. The minimum atomic E-state index is -3.00. The number of halogens is 1. The number of sulfone groups is 1. The molecule has 1 aromatic carbocycles. The van der Waals surface area contributed by atoms with E-state index in [4.69, 9.17) is 17.3 Å². The number of carbonyl (C=O) groups is 1. The highest BCUT2D eigenvalue weighted by Crippen LogP contribution is 2.21. The second-order valence-electron chi connectivity index (χ2n) is 4.18. The van der Waals surface area contributed by atoms with Gasteiger partial charge in [-0.1, -0.05) is 11.6 Å². The first-order valence-electron chi connectivity index (χ1n) is 5.44. The van der Waals surface area contributed by atoms with E-state index in [0.717, 1.165) is 0 Å². The van der Waals surface area contributed by atoms with Crippen LogP contribution in [0.3, 0.4) is 0 Å². The maximum Gasteiger partial charge on any atom is 0.255 e. The molecular formula is C11H13ClN2O3S. The molecule has 18 heavy (non-hydrogen) atoms. The normalized spacial score (nSPS) is 18.6.